The van der Waals surface area contributed by atoms with Crippen molar-refractivity contribution >= 4 is 17.0 Å². The Morgan fingerprint density at radius 2 is 2.00 bits per heavy atom. The molecule has 0 radical (unpaired) electrons. The van der Waals surface area contributed by atoms with Crippen molar-refractivity contribution in [2.45, 2.75) is 31.0 Å². The Balaban J connectivity index is 1.28. The number of fused-ring (bicyclic) bond motifs is 1. The van der Waals surface area contributed by atoms with Gasteiger partial charge in [-0.25, -0.2) is 4.79 Å². The number of rotatable bonds is 6. The van der Waals surface area contributed by atoms with Crippen molar-refractivity contribution in [1.82, 2.24) is 20.1 Å². The summed E-state index contributed by atoms with van der Waals surface area (Å²) in [5.74, 6) is -0.583. The number of aromatic nitrogens is 1. The van der Waals surface area contributed by atoms with E-state index < -0.39 is 12.1 Å². The van der Waals surface area contributed by atoms with Crippen LogP contribution in [0.1, 0.15) is 18.0 Å². The maximum absolute atomic E-state index is 12.5. The van der Waals surface area contributed by atoms with Gasteiger partial charge in [-0.2, -0.15) is 5.26 Å². The van der Waals surface area contributed by atoms with E-state index in [0.29, 0.717) is 25.2 Å². The van der Waals surface area contributed by atoms with Crippen LogP contribution in [0.2, 0.25) is 0 Å². The van der Waals surface area contributed by atoms with Crippen molar-refractivity contribution in [1.29, 1.82) is 5.26 Å². The van der Waals surface area contributed by atoms with Crippen molar-refractivity contribution in [3.05, 3.63) is 58.6 Å². The second-order valence-electron chi connectivity index (χ2n) is 9.30. The van der Waals surface area contributed by atoms with Crippen molar-refractivity contribution in [2.75, 3.05) is 39.8 Å². The number of carbonyl (C=O) groups excluding carboxylic acids is 1. The number of hydrogen-bond acceptors (Lipinski definition) is 7. The van der Waals surface area contributed by atoms with E-state index in [9.17, 15) is 14.9 Å². The molecule has 3 aromatic rings. The number of likely N-dealkylation sites (tertiary alicyclic amines) is 1. The average molecular weight is 476 g/mol. The molecule has 2 atom stereocenters. The quantitative estimate of drug-likeness (QED) is 0.558. The summed E-state index contributed by atoms with van der Waals surface area (Å²) in [7, 11) is 2.03. The number of carbonyl (C=O) groups is 1. The molecule has 3 heterocycles. The maximum atomic E-state index is 12.5. The van der Waals surface area contributed by atoms with Crippen LogP contribution in [0.25, 0.3) is 22.2 Å². The molecule has 2 aliphatic rings. The Morgan fingerprint density at radius 3 is 2.74 bits per heavy atom. The molecule has 182 valence electrons. The number of nitriles is 1. The first-order valence-electron chi connectivity index (χ1n) is 12.0. The van der Waals surface area contributed by atoms with Gasteiger partial charge in [-0.3, -0.25) is 9.36 Å². The van der Waals surface area contributed by atoms with Crippen molar-refractivity contribution in [3.63, 3.8) is 0 Å². The molecule has 9 heteroatoms. The summed E-state index contributed by atoms with van der Waals surface area (Å²) in [6.07, 6.45) is 0.686. The molecule has 1 amide bonds. The van der Waals surface area contributed by atoms with Crippen LogP contribution in [0.3, 0.4) is 0 Å². The minimum atomic E-state index is -0.641. The molecule has 2 aromatic carbocycles. The Morgan fingerprint density at radius 1 is 1.23 bits per heavy atom. The lowest BCUT2D eigenvalue weighted by molar-refractivity contribution is -0.132. The van der Waals surface area contributed by atoms with Gasteiger partial charge in [0.15, 0.2) is 5.58 Å². The Hall–Kier alpha value is -3.45. The molecule has 2 fully saturated rings. The van der Waals surface area contributed by atoms with Crippen LogP contribution in [0.15, 0.2) is 51.7 Å². The van der Waals surface area contributed by atoms with Crippen molar-refractivity contribution in [2.24, 2.45) is 0 Å². The first-order valence-corrected chi connectivity index (χ1v) is 12.0. The van der Waals surface area contributed by atoms with Crippen molar-refractivity contribution in [3.8, 4) is 17.2 Å². The van der Waals surface area contributed by atoms with E-state index in [1.807, 2.05) is 49.5 Å². The van der Waals surface area contributed by atoms with Gasteiger partial charge in [-0.15, -0.1) is 0 Å². The van der Waals surface area contributed by atoms with Gasteiger partial charge in [0, 0.05) is 32.7 Å². The van der Waals surface area contributed by atoms with Crippen LogP contribution in [-0.4, -0.2) is 67.4 Å². The first-order chi connectivity index (χ1) is 17.0. The largest absolute Gasteiger partial charge is 0.420 e. The summed E-state index contributed by atoms with van der Waals surface area (Å²) in [4.78, 5) is 27.1. The normalized spacial score (nSPS) is 20.1. The minimum absolute atomic E-state index is 0.128. The third-order valence-corrected chi connectivity index (χ3v) is 6.66. The highest BCUT2D eigenvalue weighted by Gasteiger charge is 2.29. The van der Waals surface area contributed by atoms with Crippen LogP contribution < -0.4 is 16.4 Å². The zero-order valence-electron chi connectivity index (χ0n) is 19.7. The predicted molar refractivity (Wildman–Crippen MR) is 131 cm³/mol. The SMILES string of the molecule is CN1CC(n2c(=O)oc3ccc(-c4ccc(C[C@@H](C#N)NC(=O)[C@@H]5CNCCCO5)cc4)cc32)C1. The van der Waals surface area contributed by atoms with Gasteiger partial charge in [0.1, 0.15) is 12.1 Å². The fraction of sp³-hybridized carbons (Fsp3) is 0.423. The van der Waals surface area contributed by atoms with E-state index in [4.69, 9.17) is 9.15 Å². The highest BCUT2D eigenvalue weighted by atomic mass is 16.5. The van der Waals surface area contributed by atoms with Gasteiger partial charge in [0.25, 0.3) is 5.91 Å². The summed E-state index contributed by atoms with van der Waals surface area (Å²) >= 11 is 0. The highest BCUT2D eigenvalue weighted by molar-refractivity contribution is 5.82. The van der Waals surface area contributed by atoms with Gasteiger partial charge in [-0.05, 0) is 48.8 Å². The van der Waals surface area contributed by atoms with Gasteiger partial charge in [0.05, 0.1) is 17.6 Å². The molecule has 0 spiro atoms. The van der Waals surface area contributed by atoms with Crippen LogP contribution >= 0.6 is 0 Å². The average Bonchev–Trinajstić information content (AvgIpc) is 3.00. The summed E-state index contributed by atoms with van der Waals surface area (Å²) in [5, 5.41) is 15.6. The lowest BCUT2D eigenvalue weighted by Gasteiger charge is -2.36. The van der Waals surface area contributed by atoms with Gasteiger partial charge < -0.3 is 24.7 Å². The number of nitrogens with one attached hydrogen (secondary N) is 2. The van der Waals surface area contributed by atoms with Crippen LogP contribution in [0.5, 0.6) is 0 Å². The molecule has 5 rings (SSSR count). The fourth-order valence-electron chi connectivity index (χ4n) is 4.73. The smallest absolute Gasteiger partial charge is 0.408 e. The number of ether oxygens (including phenoxy) is 1. The monoisotopic (exact) mass is 475 g/mol. The molecule has 0 bridgehead atoms. The second kappa shape index (κ2) is 10.0. The van der Waals surface area contributed by atoms with E-state index >= 15 is 0 Å². The van der Waals surface area contributed by atoms with Crippen LogP contribution in [0, 0.1) is 11.3 Å². The number of benzene rings is 2. The zero-order valence-corrected chi connectivity index (χ0v) is 19.7. The van der Waals surface area contributed by atoms with E-state index in [0.717, 1.165) is 48.3 Å². The second-order valence-corrected chi connectivity index (χ2v) is 9.30. The Labute approximate surface area is 203 Å². The third-order valence-electron chi connectivity index (χ3n) is 6.66. The van der Waals surface area contributed by atoms with Crippen LogP contribution in [0.4, 0.5) is 0 Å². The Bertz CT molecular complexity index is 1290. The van der Waals surface area contributed by atoms with Crippen LogP contribution in [-0.2, 0) is 16.0 Å². The van der Waals surface area contributed by atoms with E-state index in [-0.39, 0.29) is 17.7 Å². The molecule has 1 aromatic heterocycles. The lowest BCUT2D eigenvalue weighted by Crippen LogP contribution is -2.47. The number of hydrogen-bond donors (Lipinski definition) is 2. The molecule has 2 aliphatic heterocycles. The van der Waals surface area contributed by atoms with E-state index in [1.54, 1.807) is 4.57 Å². The Kier molecular flexibility index (Phi) is 6.68. The molecule has 0 saturated carbocycles. The molecule has 35 heavy (non-hydrogen) atoms. The summed E-state index contributed by atoms with van der Waals surface area (Å²) < 4.78 is 12.8. The topological polar surface area (TPSA) is 113 Å². The zero-order chi connectivity index (χ0) is 24.4. The molecule has 0 unspecified atom stereocenters. The molecule has 2 saturated heterocycles. The standard InChI is InChI=1S/C26H29N5O4/c1-30-15-21(16-30)31-22-12-19(7-8-23(22)35-26(31)33)18-5-3-17(4-6-18)11-20(13-27)29-25(32)24-14-28-9-2-10-34-24/h3-8,12,20-21,24,28H,2,9-11,14-16H2,1H3,(H,29,32)/t20-,24-/m0/s1. The number of oxazole rings is 1. The summed E-state index contributed by atoms with van der Waals surface area (Å²) in [5.41, 5.74) is 4.31. The van der Waals surface area contributed by atoms with E-state index in [2.05, 4.69) is 21.6 Å². The molecular weight excluding hydrogens is 446 g/mol. The van der Waals surface area contributed by atoms with Gasteiger partial charge >= 0.3 is 5.76 Å². The fourth-order valence-corrected chi connectivity index (χ4v) is 4.73. The maximum Gasteiger partial charge on any atom is 0.420 e. The third kappa shape index (κ3) is 5.00. The summed E-state index contributed by atoms with van der Waals surface area (Å²) in [6.45, 7) is 3.45. The first kappa shape index (κ1) is 23.3. The number of nitrogens with zero attached hydrogens (tertiary/aromatic N) is 3. The molecule has 0 aliphatic carbocycles. The minimum Gasteiger partial charge on any atom is -0.408 e. The lowest BCUT2D eigenvalue weighted by atomic mass is 10.0. The van der Waals surface area contributed by atoms with E-state index in [1.165, 1.54) is 0 Å². The van der Waals surface area contributed by atoms with Crippen molar-refractivity contribution < 1.29 is 13.9 Å². The van der Waals surface area contributed by atoms with Gasteiger partial charge in [0.2, 0.25) is 0 Å². The number of amides is 1. The molecular formula is C26H29N5O4. The predicted octanol–water partition coefficient (Wildman–Crippen LogP) is 1.68. The highest BCUT2D eigenvalue weighted by Crippen LogP contribution is 2.28. The summed E-state index contributed by atoms with van der Waals surface area (Å²) in [6, 6.07) is 15.3. The number of likely N-dealkylation sites (N-methyl/N-ethyl adjacent to an activating group) is 1. The molecule has 9 nitrogen and oxygen atoms in total. The van der Waals surface area contributed by atoms with Gasteiger partial charge in [-0.1, -0.05) is 30.3 Å². The molecule has 2 N–H and O–H groups in total.